The molecule has 0 amide bonds. The highest BCUT2D eigenvalue weighted by atomic mass is 16.5. The largest absolute Gasteiger partial charge is 0.508 e. The lowest BCUT2D eigenvalue weighted by Crippen LogP contribution is -2.14. The fraction of sp³-hybridized carbons (Fsp3) is 0.200. The zero-order valence-electron chi connectivity index (χ0n) is 16.8. The van der Waals surface area contributed by atoms with E-state index < -0.39 is 5.97 Å². The molecule has 148 valence electrons. The van der Waals surface area contributed by atoms with Crippen LogP contribution in [0, 0.1) is 19.8 Å². The maximum atomic E-state index is 12.7. The van der Waals surface area contributed by atoms with Crippen molar-refractivity contribution in [3.63, 3.8) is 0 Å². The van der Waals surface area contributed by atoms with Gasteiger partial charge in [-0.1, -0.05) is 48.9 Å². The summed E-state index contributed by atoms with van der Waals surface area (Å²) < 4.78 is 5.47. The smallest absolute Gasteiger partial charge is 0.343 e. The van der Waals surface area contributed by atoms with Crippen LogP contribution in [0.3, 0.4) is 0 Å². The minimum Gasteiger partial charge on any atom is -0.508 e. The molecule has 4 nitrogen and oxygen atoms in total. The van der Waals surface area contributed by atoms with E-state index in [2.05, 4.69) is 0 Å². The summed E-state index contributed by atoms with van der Waals surface area (Å²) in [4.78, 5) is 24.9. The van der Waals surface area contributed by atoms with Crippen molar-refractivity contribution < 1.29 is 19.4 Å². The van der Waals surface area contributed by atoms with E-state index in [1.165, 1.54) is 24.3 Å². The van der Waals surface area contributed by atoms with Crippen molar-refractivity contribution in [3.8, 4) is 11.5 Å². The maximum absolute atomic E-state index is 12.7. The van der Waals surface area contributed by atoms with Crippen LogP contribution in [0.2, 0.25) is 0 Å². The van der Waals surface area contributed by atoms with E-state index in [1.54, 1.807) is 6.07 Å². The number of aryl methyl sites for hydroxylation is 2. The topological polar surface area (TPSA) is 63.6 Å². The van der Waals surface area contributed by atoms with Crippen molar-refractivity contribution in [2.75, 3.05) is 0 Å². The van der Waals surface area contributed by atoms with Gasteiger partial charge in [-0.25, -0.2) is 4.79 Å². The Hall–Kier alpha value is -3.40. The van der Waals surface area contributed by atoms with Gasteiger partial charge in [0.05, 0.1) is 5.56 Å². The summed E-state index contributed by atoms with van der Waals surface area (Å²) in [6.45, 7) is 5.79. The van der Waals surface area contributed by atoms with Crippen LogP contribution in [-0.4, -0.2) is 16.9 Å². The highest BCUT2D eigenvalue weighted by molar-refractivity contribution is 5.97. The number of aromatic hydroxyl groups is 1. The average molecular weight is 388 g/mol. The molecule has 3 rings (SSSR count). The van der Waals surface area contributed by atoms with E-state index in [9.17, 15) is 14.7 Å². The third-order valence-electron chi connectivity index (χ3n) is 4.87. The molecule has 0 bridgehead atoms. The maximum Gasteiger partial charge on any atom is 0.343 e. The standard InChI is InChI=1S/C25H24O4/c1-16-4-7-20(8-5-16)24(27)18(3)15-19-6-13-23(17(2)14-19)29-25(28)21-9-11-22(26)12-10-21/h4-14,18,26H,15H2,1-3H3. The SMILES string of the molecule is Cc1ccc(C(=O)C(C)Cc2ccc(OC(=O)c3ccc(O)cc3)c(C)c2)cc1. The van der Waals surface area contributed by atoms with Gasteiger partial charge in [-0.05, 0) is 61.7 Å². The molecular weight excluding hydrogens is 364 g/mol. The van der Waals surface area contributed by atoms with Gasteiger partial charge < -0.3 is 9.84 Å². The number of esters is 1. The average Bonchev–Trinajstić information content (AvgIpc) is 2.70. The van der Waals surface area contributed by atoms with Crippen LogP contribution in [0.4, 0.5) is 0 Å². The number of ether oxygens (including phenoxy) is 1. The molecule has 0 aliphatic heterocycles. The van der Waals surface area contributed by atoms with Crippen LogP contribution in [-0.2, 0) is 6.42 Å². The number of carbonyl (C=O) groups excluding carboxylic acids is 2. The fourth-order valence-electron chi connectivity index (χ4n) is 3.16. The Morgan fingerprint density at radius 3 is 2.14 bits per heavy atom. The molecule has 1 unspecified atom stereocenters. The summed E-state index contributed by atoms with van der Waals surface area (Å²) in [5, 5.41) is 9.32. The molecule has 0 heterocycles. The Morgan fingerprint density at radius 2 is 1.52 bits per heavy atom. The normalized spacial score (nSPS) is 11.7. The number of rotatable bonds is 6. The Bertz CT molecular complexity index is 1020. The monoisotopic (exact) mass is 388 g/mol. The van der Waals surface area contributed by atoms with Crippen molar-refractivity contribution >= 4 is 11.8 Å². The van der Waals surface area contributed by atoms with Crippen molar-refractivity contribution in [2.45, 2.75) is 27.2 Å². The lowest BCUT2D eigenvalue weighted by Gasteiger charge is -2.13. The molecule has 1 N–H and O–H groups in total. The minimum absolute atomic E-state index is 0.0939. The van der Waals surface area contributed by atoms with E-state index in [4.69, 9.17) is 4.74 Å². The highest BCUT2D eigenvalue weighted by Crippen LogP contribution is 2.23. The summed E-state index contributed by atoms with van der Waals surface area (Å²) in [5.74, 6) is 0.0532. The first-order valence-electron chi connectivity index (χ1n) is 9.55. The predicted octanol–water partition coefficient (Wildman–Crippen LogP) is 5.29. The van der Waals surface area contributed by atoms with Crippen LogP contribution in [0.5, 0.6) is 11.5 Å². The third-order valence-corrected chi connectivity index (χ3v) is 4.87. The van der Waals surface area contributed by atoms with Crippen molar-refractivity contribution in [2.24, 2.45) is 5.92 Å². The molecule has 0 fully saturated rings. The van der Waals surface area contributed by atoms with Gasteiger partial charge in [0.15, 0.2) is 5.78 Å². The van der Waals surface area contributed by atoms with Gasteiger partial charge in [-0.15, -0.1) is 0 Å². The van der Waals surface area contributed by atoms with E-state index in [1.807, 2.05) is 57.2 Å². The van der Waals surface area contributed by atoms with E-state index >= 15 is 0 Å². The summed E-state index contributed by atoms with van der Waals surface area (Å²) in [6.07, 6.45) is 0.611. The van der Waals surface area contributed by atoms with Gasteiger partial charge in [0.2, 0.25) is 0 Å². The number of Topliss-reactive ketones (excluding diaryl/α,β-unsaturated/α-hetero) is 1. The molecule has 3 aromatic rings. The number of ketones is 1. The molecular formula is C25H24O4. The Morgan fingerprint density at radius 1 is 0.897 bits per heavy atom. The Labute approximate surface area is 170 Å². The highest BCUT2D eigenvalue weighted by Gasteiger charge is 2.17. The number of benzene rings is 3. The molecule has 0 saturated carbocycles. The zero-order valence-corrected chi connectivity index (χ0v) is 16.8. The fourth-order valence-corrected chi connectivity index (χ4v) is 3.16. The van der Waals surface area contributed by atoms with Crippen molar-refractivity contribution in [1.29, 1.82) is 0 Å². The van der Waals surface area contributed by atoms with Crippen LogP contribution in [0.1, 0.15) is 44.3 Å². The summed E-state index contributed by atoms with van der Waals surface area (Å²) in [6, 6.07) is 19.1. The molecule has 0 spiro atoms. The summed E-state index contributed by atoms with van der Waals surface area (Å²) in [5.41, 5.74) is 4.05. The van der Waals surface area contributed by atoms with Gasteiger partial charge in [-0.2, -0.15) is 0 Å². The lowest BCUT2D eigenvalue weighted by molar-refractivity contribution is 0.0733. The second kappa shape index (κ2) is 8.74. The second-order valence-corrected chi connectivity index (χ2v) is 7.37. The van der Waals surface area contributed by atoms with E-state index in [0.717, 1.165) is 22.3 Å². The van der Waals surface area contributed by atoms with Gasteiger partial charge in [-0.3, -0.25) is 4.79 Å². The number of phenolic OH excluding ortho intramolecular Hbond substituents is 1. The molecule has 1 atom stereocenters. The first kappa shape index (κ1) is 20.3. The first-order valence-corrected chi connectivity index (χ1v) is 9.55. The second-order valence-electron chi connectivity index (χ2n) is 7.37. The Kier molecular flexibility index (Phi) is 6.13. The van der Waals surface area contributed by atoms with Crippen molar-refractivity contribution in [1.82, 2.24) is 0 Å². The van der Waals surface area contributed by atoms with E-state index in [-0.39, 0.29) is 17.5 Å². The minimum atomic E-state index is -0.483. The summed E-state index contributed by atoms with van der Waals surface area (Å²) >= 11 is 0. The first-order chi connectivity index (χ1) is 13.8. The number of carbonyl (C=O) groups is 2. The summed E-state index contributed by atoms with van der Waals surface area (Å²) in [7, 11) is 0. The number of hydrogen-bond acceptors (Lipinski definition) is 4. The Balaban J connectivity index is 1.67. The predicted molar refractivity (Wildman–Crippen MR) is 113 cm³/mol. The van der Waals surface area contributed by atoms with Crippen molar-refractivity contribution in [3.05, 3.63) is 94.5 Å². The molecule has 0 aliphatic carbocycles. The molecule has 3 aromatic carbocycles. The molecule has 0 radical (unpaired) electrons. The van der Waals surface area contributed by atoms with Gasteiger partial charge in [0, 0.05) is 11.5 Å². The van der Waals surface area contributed by atoms with Crippen LogP contribution < -0.4 is 4.74 Å². The van der Waals surface area contributed by atoms with Crippen LogP contribution >= 0.6 is 0 Å². The quantitative estimate of drug-likeness (QED) is 0.354. The molecule has 0 saturated heterocycles. The number of phenols is 1. The zero-order chi connectivity index (χ0) is 21.0. The van der Waals surface area contributed by atoms with Gasteiger partial charge >= 0.3 is 5.97 Å². The lowest BCUT2D eigenvalue weighted by atomic mass is 9.92. The molecule has 0 aromatic heterocycles. The molecule has 0 aliphatic rings. The van der Waals surface area contributed by atoms with Gasteiger partial charge in [0.1, 0.15) is 11.5 Å². The third kappa shape index (κ3) is 5.11. The van der Waals surface area contributed by atoms with Gasteiger partial charge in [0.25, 0.3) is 0 Å². The number of hydrogen-bond donors (Lipinski definition) is 1. The van der Waals surface area contributed by atoms with Crippen LogP contribution in [0.25, 0.3) is 0 Å². The molecule has 29 heavy (non-hydrogen) atoms. The van der Waals surface area contributed by atoms with Crippen LogP contribution in [0.15, 0.2) is 66.7 Å². The molecule has 4 heteroatoms. The van der Waals surface area contributed by atoms with E-state index in [0.29, 0.717) is 17.7 Å².